The summed E-state index contributed by atoms with van der Waals surface area (Å²) in [6, 6.07) is 3.82. The molecule has 1 N–H and O–H groups in total. The number of methoxy groups -OCH3 is 1. The second kappa shape index (κ2) is 5.81. The number of phenols is 1. The van der Waals surface area contributed by atoms with Crippen LogP contribution >= 0.6 is 0 Å². The van der Waals surface area contributed by atoms with Crippen molar-refractivity contribution in [1.82, 2.24) is 4.90 Å². The standard InChI is InChI=1S/C12H14F3NO3/c1-3-16(7-12(13,14)15)11(18)9-6-8(19-2)4-5-10(9)17/h4-6,17H,3,7H2,1-2H3. The molecule has 0 aliphatic carbocycles. The van der Waals surface area contributed by atoms with Gasteiger partial charge in [0.2, 0.25) is 0 Å². The van der Waals surface area contributed by atoms with Crippen molar-refractivity contribution < 1.29 is 27.8 Å². The molecule has 106 valence electrons. The summed E-state index contributed by atoms with van der Waals surface area (Å²) in [6.45, 7) is -0.0468. The van der Waals surface area contributed by atoms with E-state index in [2.05, 4.69) is 0 Å². The van der Waals surface area contributed by atoms with Gasteiger partial charge in [-0.3, -0.25) is 4.79 Å². The summed E-state index contributed by atoms with van der Waals surface area (Å²) >= 11 is 0. The zero-order valence-electron chi connectivity index (χ0n) is 10.5. The molecule has 0 aliphatic rings. The van der Waals surface area contributed by atoms with Gasteiger partial charge < -0.3 is 14.7 Å². The van der Waals surface area contributed by atoms with Crippen LogP contribution in [0, 0.1) is 0 Å². The van der Waals surface area contributed by atoms with Gasteiger partial charge in [-0.05, 0) is 25.1 Å². The lowest BCUT2D eigenvalue weighted by molar-refractivity contribution is -0.140. The number of benzene rings is 1. The first-order valence-corrected chi connectivity index (χ1v) is 5.51. The number of aromatic hydroxyl groups is 1. The Labute approximate surface area is 108 Å². The van der Waals surface area contributed by atoms with E-state index in [-0.39, 0.29) is 23.6 Å². The van der Waals surface area contributed by atoms with Crippen LogP contribution in [-0.4, -0.2) is 42.3 Å². The van der Waals surface area contributed by atoms with Crippen molar-refractivity contribution in [2.24, 2.45) is 0 Å². The number of alkyl halides is 3. The van der Waals surface area contributed by atoms with Gasteiger partial charge in [-0.25, -0.2) is 0 Å². The first-order valence-electron chi connectivity index (χ1n) is 5.51. The highest BCUT2D eigenvalue weighted by Crippen LogP contribution is 2.25. The van der Waals surface area contributed by atoms with Gasteiger partial charge >= 0.3 is 6.18 Å². The maximum absolute atomic E-state index is 12.3. The maximum atomic E-state index is 12.3. The smallest absolute Gasteiger partial charge is 0.406 e. The lowest BCUT2D eigenvalue weighted by Crippen LogP contribution is -2.38. The second-order valence-electron chi connectivity index (χ2n) is 3.82. The minimum absolute atomic E-state index is 0.116. The third kappa shape index (κ3) is 4.04. The van der Waals surface area contributed by atoms with Crippen LogP contribution in [0.15, 0.2) is 18.2 Å². The molecule has 4 nitrogen and oxygen atoms in total. The highest BCUT2D eigenvalue weighted by molar-refractivity contribution is 5.97. The molecule has 0 saturated heterocycles. The van der Waals surface area contributed by atoms with E-state index in [4.69, 9.17) is 4.74 Å². The number of rotatable bonds is 4. The van der Waals surface area contributed by atoms with Crippen LogP contribution < -0.4 is 4.74 Å². The maximum Gasteiger partial charge on any atom is 0.406 e. The molecule has 0 unspecified atom stereocenters. The number of carbonyl (C=O) groups excluding carboxylic acids is 1. The molecule has 19 heavy (non-hydrogen) atoms. The van der Waals surface area contributed by atoms with Crippen LogP contribution in [0.3, 0.4) is 0 Å². The fourth-order valence-electron chi connectivity index (χ4n) is 1.53. The van der Waals surface area contributed by atoms with Crippen molar-refractivity contribution in [1.29, 1.82) is 0 Å². The Hall–Kier alpha value is -1.92. The van der Waals surface area contributed by atoms with Gasteiger partial charge in [0, 0.05) is 6.54 Å². The molecule has 1 aromatic carbocycles. The first-order chi connectivity index (χ1) is 8.78. The topological polar surface area (TPSA) is 49.8 Å². The van der Waals surface area contributed by atoms with E-state index in [9.17, 15) is 23.1 Å². The highest BCUT2D eigenvalue weighted by Gasteiger charge is 2.33. The number of phenolic OH excluding ortho intramolecular Hbond substituents is 1. The summed E-state index contributed by atoms with van der Waals surface area (Å²) in [5.41, 5.74) is -0.217. The normalized spacial score (nSPS) is 11.2. The van der Waals surface area contributed by atoms with Crippen molar-refractivity contribution in [3.8, 4) is 11.5 Å². The number of amides is 1. The molecule has 0 radical (unpaired) electrons. The molecule has 0 heterocycles. The van der Waals surface area contributed by atoms with Crippen LogP contribution in [0.5, 0.6) is 11.5 Å². The van der Waals surface area contributed by atoms with Gasteiger partial charge in [-0.2, -0.15) is 13.2 Å². The second-order valence-corrected chi connectivity index (χ2v) is 3.82. The van der Waals surface area contributed by atoms with E-state index >= 15 is 0 Å². The molecule has 1 amide bonds. The molecule has 0 fully saturated rings. The Bertz CT molecular complexity index is 460. The SMILES string of the molecule is CCN(CC(F)(F)F)C(=O)c1cc(OC)ccc1O. The van der Waals surface area contributed by atoms with Crippen LogP contribution in [0.1, 0.15) is 17.3 Å². The lowest BCUT2D eigenvalue weighted by atomic mass is 10.1. The summed E-state index contributed by atoms with van der Waals surface area (Å²) in [4.78, 5) is 12.6. The zero-order valence-corrected chi connectivity index (χ0v) is 10.5. The summed E-state index contributed by atoms with van der Waals surface area (Å²) in [5.74, 6) is -0.994. The van der Waals surface area contributed by atoms with E-state index in [1.807, 2.05) is 0 Å². The fraction of sp³-hybridized carbons (Fsp3) is 0.417. The van der Waals surface area contributed by atoms with E-state index in [1.165, 1.54) is 32.2 Å². The minimum atomic E-state index is -4.49. The molecular weight excluding hydrogens is 263 g/mol. The molecule has 0 saturated carbocycles. The van der Waals surface area contributed by atoms with Crippen molar-refractivity contribution in [2.75, 3.05) is 20.2 Å². The number of carbonyl (C=O) groups is 1. The van der Waals surface area contributed by atoms with Gasteiger partial charge in [0.25, 0.3) is 5.91 Å². The molecule has 7 heteroatoms. The monoisotopic (exact) mass is 277 g/mol. The quantitative estimate of drug-likeness (QED) is 0.919. The highest BCUT2D eigenvalue weighted by atomic mass is 19.4. The minimum Gasteiger partial charge on any atom is -0.507 e. The van der Waals surface area contributed by atoms with Crippen LogP contribution in [0.4, 0.5) is 13.2 Å². The van der Waals surface area contributed by atoms with Gasteiger partial charge in [0.1, 0.15) is 18.0 Å². The van der Waals surface area contributed by atoms with Gasteiger partial charge in [0.15, 0.2) is 0 Å². The van der Waals surface area contributed by atoms with E-state index < -0.39 is 18.6 Å². The Morgan fingerprint density at radius 2 is 2.05 bits per heavy atom. The Morgan fingerprint density at radius 3 is 2.53 bits per heavy atom. The summed E-state index contributed by atoms with van der Waals surface area (Å²) in [6.07, 6.45) is -4.49. The number of hydrogen-bond donors (Lipinski definition) is 1. The van der Waals surface area contributed by atoms with E-state index in [0.717, 1.165) is 0 Å². The lowest BCUT2D eigenvalue weighted by Gasteiger charge is -2.22. The van der Waals surface area contributed by atoms with Crippen molar-refractivity contribution in [3.05, 3.63) is 23.8 Å². The van der Waals surface area contributed by atoms with Crippen molar-refractivity contribution in [2.45, 2.75) is 13.1 Å². The van der Waals surface area contributed by atoms with E-state index in [1.54, 1.807) is 0 Å². The largest absolute Gasteiger partial charge is 0.507 e. The van der Waals surface area contributed by atoms with Crippen molar-refractivity contribution in [3.63, 3.8) is 0 Å². The third-order valence-electron chi connectivity index (χ3n) is 2.47. The Kier molecular flexibility index (Phi) is 4.63. The molecule has 0 aromatic heterocycles. The molecule has 1 aromatic rings. The number of halogens is 3. The van der Waals surface area contributed by atoms with Crippen LogP contribution in [0.2, 0.25) is 0 Å². The Morgan fingerprint density at radius 1 is 1.42 bits per heavy atom. The number of ether oxygens (including phenoxy) is 1. The molecule has 0 spiro atoms. The molecule has 0 aliphatic heterocycles. The molecule has 0 bridgehead atoms. The van der Waals surface area contributed by atoms with E-state index in [0.29, 0.717) is 4.90 Å². The summed E-state index contributed by atoms with van der Waals surface area (Å²) in [7, 11) is 1.36. The van der Waals surface area contributed by atoms with Crippen molar-refractivity contribution >= 4 is 5.91 Å². The Balaban J connectivity index is 3.03. The fourth-order valence-corrected chi connectivity index (χ4v) is 1.53. The first kappa shape index (κ1) is 15.1. The predicted octanol–water partition coefficient (Wildman–Crippen LogP) is 2.43. The average Bonchev–Trinajstić information content (AvgIpc) is 2.34. The zero-order chi connectivity index (χ0) is 14.6. The summed E-state index contributed by atoms with van der Waals surface area (Å²) in [5, 5.41) is 9.56. The molecule has 0 atom stereocenters. The van der Waals surface area contributed by atoms with Gasteiger partial charge in [-0.1, -0.05) is 0 Å². The number of hydrogen-bond acceptors (Lipinski definition) is 3. The van der Waals surface area contributed by atoms with Gasteiger partial charge in [0.05, 0.1) is 12.7 Å². The number of nitrogens with zero attached hydrogens (tertiary/aromatic N) is 1. The predicted molar refractivity (Wildman–Crippen MR) is 62.3 cm³/mol. The van der Waals surface area contributed by atoms with Crippen LogP contribution in [-0.2, 0) is 0 Å². The molecular formula is C12H14F3NO3. The van der Waals surface area contributed by atoms with Crippen LogP contribution in [0.25, 0.3) is 0 Å². The van der Waals surface area contributed by atoms with Gasteiger partial charge in [-0.15, -0.1) is 0 Å². The molecule has 1 rings (SSSR count). The average molecular weight is 277 g/mol. The summed E-state index contributed by atoms with van der Waals surface area (Å²) < 4.78 is 41.9. The third-order valence-corrected chi connectivity index (χ3v) is 2.47.